The van der Waals surface area contributed by atoms with E-state index in [4.69, 9.17) is 16.3 Å². The monoisotopic (exact) mass is 453 g/mol. The first kappa shape index (κ1) is 21.3. The van der Waals surface area contributed by atoms with E-state index in [2.05, 4.69) is 5.32 Å². The van der Waals surface area contributed by atoms with Crippen LogP contribution in [0.5, 0.6) is 5.75 Å². The van der Waals surface area contributed by atoms with Gasteiger partial charge in [0.2, 0.25) is 5.43 Å². The van der Waals surface area contributed by atoms with Gasteiger partial charge < -0.3 is 24.6 Å². The molecule has 1 unspecified atom stereocenters. The van der Waals surface area contributed by atoms with Crippen LogP contribution in [0.4, 0.5) is 8.78 Å². The summed E-state index contributed by atoms with van der Waals surface area (Å²) < 4.78 is 34.4. The van der Waals surface area contributed by atoms with Crippen LogP contribution in [0.2, 0.25) is 5.02 Å². The van der Waals surface area contributed by atoms with Gasteiger partial charge in [-0.1, -0.05) is 17.7 Å². The van der Waals surface area contributed by atoms with Gasteiger partial charge in [-0.3, -0.25) is 14.4 Å². The van der Waals surface area contributed by atoms with Gasteiger partial charge in [0.05, 0.1) is 12.6 Å². The number of fused-ring (bicyclic) bond motifs is 3. The fourth-order valence-corrected chi connectivity index (χ4v) is 4.12. The fraction of sp³-hybridized carbons (Fsp3) is 0.350. The number of aromatic hydroxyl groups is 1. The molecule has 2 aliphatic heterocycles. The average Bonchev–Trinajstić information content (AvgIpc) is 3.23. The van der Waals surface area contributed by atoms with E-state index in [1.54, 1.807) is 6.92 Å². The molecule has 0 bridgehead atoms. The quantitative estimate of drug-likeness (QED) is 0.691. The standard InChI is InChI=1S/C20H18ClF2N3O5/c1-2-25-19(30)15-17(28)16(27)10(8-26(15)12-5-6-31-20(12)25)18(29)24-7-9-3-4-11(22)13(21)14(9)23/h3-4,8,12,20,28H,2,5-7H2,1H3,(H,24,29)/t12?,20-/m0/s1. The first-order valence-electron chi connectivity index (χ1n) is 9.57. The third kappa shape index (κ3) is 3.35. The van der Waals surface area contributed by atoms with Crippen LogP contribution in [0.3, 0.4) is 0 Å². The van der Waals surface area contributed by atoms with Crippen molar-refractivity contribution in [2.24, 2.45) is 0 Å². The lowest BCUT2D eigenvalue weighted by molar-refractivity contribution is -0.0328. The van der Waals surface area contributed by atoms with Crippen LogP contribution in [0.1, 0.15) is 45.8 Å². The van der Waals surface area contributed by atoms with Crippen molar-refractivity contribution in [3.8, 4) is 5.75 Å². The lowest BCUT2D eigenvalue weighted by Gasteiger charge is -2.38. The predicted molar refractivity (Wildman–Crippen MR) is 105 cm³/mol. The highest BCUT2D eigenvalue weighted by Crippen LogP contribution is 2.37. The second-order valence-corrected chi connectivity index (χ2v) is 7.58. The second kappa shape index (κ2) is 7.93. The van der Waals surface area contributed by atoms with Crippen molar-refractivity contribution >= 4 is 23.4 Å². The highest BCUT2D eigenvalue weighted by atomic mass is 35.5. The largest absolute Gasteiger partial charge is 0.503 e. The molecule has 31 heavy (non-hydrogen) atoms. The van der Waals surface area contributed by atoms with E-state index in [0.29, 0.717) is 19.6 Å². The summed E-state index contributed by atoms with van der Waals surface area (Å²) in [6.45, 7) is 2.08. The van der Waals surface area contributed by atoms with Gasteiger partial charge in [-0.05, 0) is 19.4 Å². The molecule has 3 heterocycles. The predicted octanol–water partition coefficient (Wildman–Crippen LogP) is 2.18. The van der Waals surface area contributed by atoms with E-state index in [1.165, 1.54) is 15.7 Å². The number of rotatable bonds is 4. The number of ether oxygens (including phenoxy) is 1. The van der Waals surface area contributed by atoms with Crippen LogP contribution in [0, 0.1) is 11.6 Å². The molecule has 2 N–H and O–H groups in total. The Balaban J connectivity index is 1.68. The van der Waals surface area contributed by atoms with Crippen LogP contribution in [0.15, 0.2) is 23.1 Å². The van der Waals surface area contributed by atoms with E-state index in [1.807, 2.05) is 0 Å². The molecule has 2 aliphatic rings. The van der Waals surface area contributed by atoms with E-state index >= 15 is 0 Å². The van der Waals surface area contributed by atoms with Gasteiger partial charge in [0, 0.05) is 24.8 Å². The van der Waals surface area contributed by atoms with Gasteiger partial charge in [0.1, 0.15) is 22.2 Å². The number of aromatic nitrogens is 1. The number of nitrogens with zero attached hydrogens (tertiary/aromatic N) is 2. The van der Waals surface area contributed by atoms with Crippen LogP contribution in [0.25, 0.3) is 0 Å². The maximum absolute atomic E-state index is 14.1. The number of carbonyl (C=O) groups is 2. The van der Waals surface area contributed by atoms with E-state index in [-0.39, 0.29) is 23.8 Å². The van der Waals surface area contributed by atoms with Crippen molar-refractivity contribution in [3.63, 3.8) is 0 Å². The minimum atomic E-state index is -1.02. The number of halogens is 3. The number of carbonyl (C=O) groups excluding carboxylic acids is 2. The van der Waals surface area contributed by atoms with Crippen molar-refractivity contribution in [1.29, 1.82) is 0 Å². The summed E-state index contributed by atoms with van der Waals surface area (Å²) in [6.07, 6.45) is 1.15. The number of pyridine rings is 1. The third-order valence-electron chi connectivity index (χ3n) is 5.51. The van der Waals surface area contributed by atoms with E-state index < -0.39 is 51.4 Å². The molecule has 8 nitrogen and oxygen atoms in total. The van der Waals surface area contributed by atoms with Gasteiger partial charge in [-0.15, -0.1) is 0 Å². The van der Waals surface area contributed by atoms with Crippen molar-refractivity contribution in [1.82, 2.24) is 14.8 Å². The Morgan fingerprint density at radius 3 is 2.81 bits per heavy atom. The molecule has 2 atom stereocenters. The summed E-state index contributed by atoms with van der Waals surface area (Å²) in [7, 11) is 0. The maximum Gasteiger partial charge on any atom is 0.276 e. The van der Waals surface area contributed by atoms with Crippen molar-refractivity contribution in [2.75, 3.05) is 13.2 Å². The highest BCUT2D eigenvalue weighted by Gasteiger charge is 2.44. The summed E-state index contributed by atoms with van der Waals surface area (Å²) in [5.41, 5.74) is -1.73. The van der Waals surface area contributed by atoms with E-state index in [0.717, 1.165) is 12.1 Å². The number of hydrogen-bond acceptors (Lipinski definition) is 5. The number of hydrogen-bond donors (Lipinski definition) is 2. The number of amides is 2. The molecule has 11 heteroatoms. The second-order valence-electron chi connectivity index (χ2n) is 7.20. The molecule has 0 aliphatic carbocycles. The van der Waals surface area contributed by atoms with Gasteiger partial charge in [-0.25, -0.2) is 8.78 Å². The summed E-state index contributed by atoms with van der Waals surface area (Å²) in [6, 6.07) is 1.70. The Morgan fingerprint density at radius 2 is 2.10 bits per heavy atom. The zero-order valence-electron chi connectivity index (χ0n) is 16.3. The smallest absolute Gasteiger partial charge is 0.276 e. The van der Waals surface area contributed by atoms with Crippen LogP contribution < -0.4 is 10.7 Å². The Bertz CT molecular complexity index is 1150. The van der Waals surface area contributed by atoms with Crippen LogP contribution in [-0.4, -0.2) is 45.8 Å². The molecule has 2 aromatic rings. The van der Waals surface area contributed by atoms with Gasteiger partial charge in [0.25, 0.3) is 11.8 Å². The Kier molecular flexibility index (Phi) is 5.44. The minimum absolute atomic E-state index is 0.0833. The zero-order chi connectivity index (χ0) is 22.4. The first-order valence-corrected chi connectivity index (χ1v) is 9.95. The third-order valence-corrected chi connectivity index (χ3v) is 5.86. The minimum Gasteiger partial charge on any atom is -0.503 e. The van der Waals surface area contributed by atoms with Crippen LogP contribution in [-0.2, 0) is 11.3 Å². The molecule has 4 rings (SSSR count). The summed E-state index contributed by atoms with van der Waals surface area (Å²) in [5, 5.41) is 12.1. The topological polar surface area (TPSA) is 101 Å². The van der Waals surface area contributed by atoms with Gasteiger partial charge >= 0.3 is 0 Å². The number of likely N-dealkylation sites (N-methyl/N-ethyl adjacent to an activating group) is 1. The van der Waals surface area contributed by atoms with Crippen molar-refractivity contribution < 1.29 is 28.2 Å². The van der Waals surface area contributed by atoms with E-state index in [9.17, 15) is 28.3 Å². The molecule has 2 amide bonds. The number of nitrogens with one attached hydrogen (secondary N) is 1. The number of benzene rings is 1. The SMILES string of the molecule is CCN1C(=O)c2c(O)c(=O)c(C(=O)NCc3ccc(F)c(Cl)c3F)cn2C2CCO[C@@H]21. The summed E-state index contributed by atoms with van der Waals surface area (Å²) in [4.78, 5) is 39.5. The summed E-state index contributed by atoms with van der Waals surface area (Å²) >= 11 is 5.53. The lowest BCUT2D eigenvalue weighted by Crippen LogP contribution is -2.50. The normalized spacial score (nSPS) is 19.9. The highest BCUT2D eigenvalue weighted by molar-refractivity contribution is 6.30. The average molecular weight is 454 g/mol. The van der Waals surface area contributed by atoms with Gasteiger partial charge in [-0.2, -0.15) is 0 Å². The lowest BCUT2D eigenvalue weighted by atomic mass is 10.1. The Labute approximate surface area is 180 Å². The van der Waals surface area contributed by atoms with Crippen LogP contribution >= 0.6 is 11.6 Å². The Hall–Kier alpha value is -2.98. The molecule has 0 saturated carbocycles. The molecule has 0 spiro atoms. The van der Waals surface area contributed by atoms with Crippen molar-refractivity contribution in [3.05, 3.63) is 62.0 Å². The fourth-order valence-electron chi connectivity index (χ4n) is 3.94. The van der Waals surface area contributed by atoms with Crippen molar-refractivity contribution in [2.45, 2.75) is 32.2 Å². The molecule has 0 radical (unpaired) electrons. The molecule has 1 saturated heterocycles. The van der Waals surface area contributed by atoms with Gasteiger partial charge in [0.15, 0.2) is 17.7 Å². The molecule has 1 aromatic heterocycles. The molecular weight excluding hydrogens is 436 g/mol. The molecular formula is C20H18ClF2N3O5. The summed E-state index contributed by atoms with van der Waals surface area (Å²) in [5.74, 6) is -4.27. The zero-order valence-corrected chi connectivity index (χ0v) is 17.1. The maximum atomic E-state index is 14.1. The Morgan fingerprint density at radius 1 is 1.35 bits per heavy atom. The molecule has 164 valence electrons. The molecule has 1 fully saturated rings. The first-order chi connectivity index (χ1) is 14.8. The molecule has 1 aromatic carbocycles.